The molecule has 0 spiro atoms. The maximum Gasteiger partial charge on any atom is 0.328 e. The van der Waals surface area contributed by atoms with E-state index in [0.29, 0.717) is 17.9 Å². The molecule has 2 atom stereocenters. The van der Waals surface area contributed by atoms with Crippen molar-refractivity contribution >= 4 is 5.97 Å². The summed E-state index contributed by atoms with van der Waals surface area (Å²) < 4.78 is 10.9. The number of aliphatic carboxylic acids is 1. The molecule has 1 aliphatic heterocycles. The second kappa shape index (κ2) is 6.45. The Morgan fingerprint density at radius 1 is 1.57 bits per heavy atom. The smallest absolute Gasteiger partial charge is 0.328 e. The van der Waals surface area contributed by atoms with Crippen LogP contribution in [-0.4, -0.2) is 37.4 Å². The average molecular weight is 293 g/mol. The van der Waals surface area contributed by atoms with Gasteiger partial charge in [-0.25, -0.2) is 4.79 Å². The van der Waals surface area contributed by atoms with Crippen molar-refractivity contribution in [2.75, 3.05) is 20.3 Å². The van der Waals surface area contributed by atoms with Crippen molar-refractivity contribution in [1.29, 1.82) is 0 Å². The molecule has 0 aromatic heterocycles. The minimum absolute atomic E-state index is 0.0829. The zero-order chi connectivity index (χ0) is 15.5. The van der Waals surface area contributed by atoms with Crippen LogP contribution in [0.2, 0.25) is 0 Å². The van der Waals surface area contributed by atoms with Gasteiger partial charge in [0.1, 0.15) is 11.3 Å². The summed E-state index contributed by atoms with van der Waals surface area (Å²) in [6.45, 7) is 4.87. The van der Waals surface area contributed by atoms with E-state index in [0.717, 1.165) is 25.0 Å². The van der Waals surface area contributed by atoms with E-state index < -0.39 is 11.5 Å². The average Bonchev–Trinajstić information content (AvgIpc) is 2.97. The second-order valence-electron chi connectivity index (χ2n) is 5.65. The van der Waals surface area contributed by atoms with Crippen LogP contribution in [0.4, 0.5) is 0 Å². The number of methoxy groups -OCH3 is 1. The molecule has 0 saturated carbocycles. The topological polar surface area (TPSA) is 67.8 Å². The number of carbonyl (C=O) groups is 1. The summed E-state index contributed by atoms with van der Waals surface area (Å²) in [7, 11) is 1.55. The van der Waals surface area contributed by atoms with Crippen molar-refractivity contribution in [3.63, 3.8) is 0 Å². The number of hydrogen-bond acceptors (Lipinski definition) is 4. The Bertz CT molecular complexity index is 511. The zero-order valence-corrected chi connectivity index (χ0v) is 12.8. The van der Waals surface area contributed by atoms with E-state index in [2.05, 4.69) is 5.32 Å². The van der Waals surface area contributed by atoms with Gasteiger partial charge in [-0.3, -0.25) is 5.32 Å². The van der Waals surface area contributed by atoms with E-state index >= 15 is 0 Å². The van der Waals surface area contributed by atoms with Gasteiger partial charge in [-0.1, -0.05) is 11.6 Å². The Morgan fingerprint density at radius 3 is 2.90 bits per heavy atom. The van der Waals surface area contributed by atoms with Crippen molar-refractivity contribution in [3.05, 3.63) is 29.3 Å². The predicted octanol–water partition coefficient (Wildman–Crippen LogP) is 2.07. The highest BCUT2D eigenvalue weighted by molar-refractivity contribution is 5.81. The summed E-state index contributed by atoms with van der Waals surface area (Å²) in [5.41, 5.74) is 0.427. The molecule has 5 nitrogen and oxygen atoms in total. The molecule has 1 heterocycles. The summed E-state index contributed by atoms with van der Waals surface area (Å²) in [5.74, 6) is -0.352. The Balaban J connectivity index is 2.27. The molecule has 2 rings (SSSR count). The summed E-state index contributed by atoms with van der Waals surface area (Å²) >= 11 is 0. The first-order valence-corrected chi connectivity index (χ1v) is 7.22. The number of nitrogens with one attached hydrogen (secondary N) is 1. The van der Waals surface area contributed by atoms with Gasteiger partial charge in [-0.15, -0.1) is 0 Å². The number of hydrogen-bond donors (Lipinski definition) is 2. The van der Waals surface area contributed by atoms with Crippen LogP contribution in [0.15, 0.2) is 18.2 Å². The third-order valence-corrected chi connectivity index (χ3v) is 4.03. The van der Waals surface area contributed by atoms with Gasteiger partial charge in [-0.05, 0) is 38.8 Å². The van der Waals surface area contributed by atoms with E-state index in [-0.39, 0.29) is 6.10 Å². The van der Waals surface area contributed by atoms with Crippen molar-refractivity contribution in [2.45, 2.75) is 38.3 Å². The van der Waals surface area contributed by atoms with Crippen LogP contribution < -0.4 is 10.1 Å². The summed E-state index contributed by atoms with van der Waals surface area (Å²) in [6, 6.07) is 5.57. The van der Waals surface area contributed by atoms with Gasteiger partial charge in [0.25, 0.3) is 0 Å². The molecule has 0 aliphatic carbocycles. The van der Waals surface area contributed by atoms with Crippen LogP contribution in [0.5, 0.6) is 5.75 Å². The maximum atomic E-state index is 11.8. The molecule has 21 heavy (non-hydrogen) atoms. The van der Waals surface area contributed by atoms with Gasteiger partial charge in [0.2, 0.25) is 0 Å². The van der Waals surface area contributed by atoms with E-state index in [1.54, 1.807) is 20.1 Å². The normalized spacial score (nSPS) is 21.0. The van der Waals surface area contributed by atoms with Crippen molar-refractivity contribution in [1.82, 2.24) is 5.32 Å². The Morgan fingerprint density at radius 2 is 2.33 bits per heavy atom. The maximum absolute atomic E-state index is 11.8. The van der Waals surface area contributed by atoms with Gasteiger partial charge in [0.05, 0.1) is 13.2 Å². The lowest BCUT2D eigenvalue weighted by Gasteiger charge is -2.30. The summed E-state index contributed by atoms with van der Waals surface area (Å²) in [5, 5.41) is 12.9. The van der Waals surface area contributed by atoms with Crippen LogP contribution in [0.1, 0.15) is 30.9 Å². The quantitative estimate of drug-likeness (QED) is 0.840. The number of aryl methyl sites for hydroxylation is 1. The Kier molecular flexibility index (Phi) is 4.85. The molecule has 1 aromatic rings. The molecule has 1 saturated heterocycles. The predicted molar refractivity (Wildman–Crippen MR) is 79.7 cm³/mol. The first-order valence-electron chi connectivity index (χ1n) is 7.22. The SMILES string of the molecule is COc1ccc(C)cc1C(C)(NCC1CCCO1)C(=O)O. The number of ether oxygens (including phenoxy) is 2. The van der Waals surface area contributed by atoms with Crippen LogP contribution in [0.25, 0.3) is 0 Å². The number of rotatable bonds is 6. The molecule has 1 aromatic carbocycles. The lowest BCUT2D eigenvalue weighted by atomic mass is 9.89. The van der Waals surface area contributed by atoms with Gasteiger partial charge in [0, 0.05) is 18.7 Å². The molecule has 2 unspecified atom stereocenters. The minimum Gasteiger partial charge on any atom is -0.496 e. The van der Waals surface area contributed by atoms with Gasteiger partial charge >= 0.3 is 5.97 Å². The number of carboxylic acid groups (broad SMARTS) is 1. The van der Waals surface area contributed by atoms with Crippen molar-refractivity contribution < 1.29 is 19.4 Å². The monoisotopic (exact) mass is 293 g/mol. The third-order valence-electron chi connectivity index (χ3n) is 4.03. The fourth-order valence-corrected chi connectivity index (χ4v) is 2.62. The molecular weight excluding hydrogens is 270 g/mol. The number of benzene rings is 1. The van der Waals surface area contributed by atoms with Crippen LogP contribution in [0, 0.1) is 6.92 Å². The van der Waals surface area contributed by atoms with Crippen molar-refractivity contribution in [2.24, 2.45) is 0 Å². The first-order chi connectivity index (χ1) is 9.97. The zero-order valence-electron chi connectivity index (χ0n) is 12.8. The molecule has 2 N–H and O–H groups in total. The highest BCUT2D eigenvalue weighted by atomic mass is 16.5. The Hall–Kier alpha value is -1.59. The fraction of sp³-hybridized carbons (Fsp3) is 0.562. The molecule has 0 bridgehead atoms. The van der Waals surface area contributed by atoms with E-state index in [1.165, 1.54) is 0 Å². The number of carboxylic acids is 1. The fourth-order valence-electron chi connectivity index (χ4n) is 2.62. The van der Waals surface area contributed by atoms with E-state index in [9.17, 15) is 9.90 Å². The largest absolute Gasteiger partial charge is 0.496 e. The molecule has 0 radical (unpaired) electrons. The lowest BCUT2D eigenvalue weighted by molar-refractivity contribution is -0.144. The molecule has 1 fully saturated rings. The highest BCUT2D eigenvalue weighted by Gasteiger charge is 2.38. The third kappa shape index (κ3) is 3.36. The molecule has 0 amide bonds. The molecular formula is C16H23NO4. The van der Waals surface area contributed by atoms with Crippen LogP contribution >= 0.6 is 0 Å². The van der Waals surface area contributed by atoms with E-state index in [4.69, 9.17) is 9.47 Å². The Labute approximate surface area is 125 Å². The van der Waals surface area contributed by atoms with E-state index in [1.807, 2.05) is 19.1 Å². The highest BCUT2D eigenvalue weighted by Crippen LogP contribution is 2.31. The van der Waals surface area contributed by atoms with Gasteiger partial charge in [-0.2, -0.15) is 0 Å². The lowest BCUT2D eigenvalue weighted by Crippen LogP contribution is -2.49. The molecule has 116 valence electrons. The van der Waals surface area contributed by atoms with Gasteiger partial charge < -0.3 is 14.6 Å². The standard InChI is InChI=1S/C16H23NO4/c1-11-6-7-14(20-3)13(9-11)16(2,15(18)19)17-10-12-5-4-8-21-12/h6-7,9,12,17H,4-5,8,10H2,1-3H3,(H,18,19). The molecule has 1 aliphatic rings. The van der Waals surface area contributed by atoms with Crippen LogP contribution in [0.3, 0.4) is 0 Å². The first kappa shape index (κ1) is 15.8. The van der Waals surface area contributed by atoms with Crippen LogP contribution in [-0.2, 0) is 15.1 Å². The summed E-state index contributed by atoms with van der Waals surface area (Å²) in [4.78, 5) is 11.8. The second-order valence-corrected chi connectivity index (χ2v) is 5.65. The van der Waals surface area contributed by atoms with Gasteiger partial charge in [0.15, 0.2) is 0 Å². The van der Waals surface area contributed by atoms with Crippen molar-refractivity contribution in [3.8, 4) is 5.75 Å². The summed E-state index contributed by atoms with van der Waals surface area (Å²) in [6.07, 6.45) is 2.08. The minimum atomic E-state index is -1.21. The molecule has 5 heteroatoms.